The van der Waals surface area contributed by atoms with E-state index in [4.69, 9.17) is 15.6 Å². The van der Waals surface area contributed by atoms with Crippen LogP contribution in [0.4, 0.5) is 19.1 Å². The molecule has 15 heteroatoms. The number of hydrogen-bond donors (Lipinski definition) is 3. The van der Waals surface area contributed by atoms with E-state index in [0.29, 0.717) is 35.8 Å². The highest BCUT2D eigenvalue weighted by Crippen LogP contribution is 2.40. The molecule has 2 atom stereocenters. The van der Waals surface area contributed by atoms with Gasteiger partial charge in [0.2, 0.25) is 11.9 Å². The van der Waals surface area contributed by atoms with E-state index in [-0.39, 0.29) is 17.0 Å². The molecular weight excluding hydrogens is 471 g/mol. The van der Waals surface area contributed by atoms with Gasteiger partial charge in [0.1, 0.15) is 17.1 Å². The van der Waals surface area contributed by atoms with Crippen LogP contribution in [0.15, 0.2) is 41.4 Å². The number of aromatic nitrogens is 2. The largest absolute Gasteiger partial charge is 0.490 e. The van der Waals surface area contributed by atoms with Crippen molar-refractivity contribution in [3.8, 4) is 0 Å². The minimum absolute atomic E-state index is 0.0878. The highest BCUT2D eigenvalue weighted by atomic mass is 32.2. The Kier molecular flexibility index (Phi) is 6.73. The zero-order chi connectivity index (χ0) is 24.5. The second kappa shape index (κ2) is 9.19. The van der Waals surface area contributed by atoms with E-state index in [1.807, 2.05) is 0 Å². The van der Waals surface area contributed by atoms with E-state index in [9.17, 15) is 32.7 Å². The molecule has 1 aromatic heterocycles. The Bertz CT molecular complexity index is 1060. The number of aliphatic carboxylic acids is 2. The van der Waals surface area contributed by atoms with Crippen molar-refractivity contribution in [2.24, 2.45) is 5.73 Å². The first-order valence-electron chi connectivity index (χ1n) is 9.19. The number of nitrogens with zero attached hydrogens (tertiary/aromatic N) is 4. The molecule has 176 valence electrons. The van der Waals surface area contributed by atoms with Gasteiger partial charge in [-0.15, -0.1) is 11.8 Å². The van der Waals surface area contributed by atoms with Gasteiger partial charge in [0.15, 0.2) is 0 Å². The number of alkyl halides is 3. The summed E-state index contributed by atoms with van der Waals surface area (Å²) in [7, 11) is 0. The molecule has 0 unspecified atom stereocenters. The lowest BCUT2D eigenvalue weighted by Gasteiger charge is -2.47. The molecule has 1 aromatic rings. The van der Waals surface area contributed by atoms with Crippen LogP contribution in [0.5, 0.6) is 0 Å². The Balaban J connectivity index is 0.000000383. The molecule has 0 saturated carbocycles. The summed E-state index contributed by atoms with van der Waals surface area (Å²) in [5.74, 6) is -3.93. The molecule has 0 aromatic carbocycles. The maximum atomic E-state index is 12.6. The van der Waals surface area contributed by atoms with Gasteiger partial charge in [-0.3, -0.25) is 19.4 Å². The van der Waals surface area contributed by atoms with Crippen LogP contribution in [-0.4, -0.2) is 78.7 Å². The smallest absolute Gasteiger partial charge is 0.477 e. The number of amides is 2. The van der Waals surface area contributed by atoms with Gasteiger partial charge in [-0.2, -0.15) is 13.2 Å². The minimum atomic E-state index is -5.08. The van der Waals surface area contributed by atoms with E-state index >= 15 is 0 Å². The third-order valence-electron chi connectivity index (χ3n) is 4.75. The number of β-lactam (4-membered cyclic amide) rings is 1. The van der Waals surface area contributed by atoms with Crippen LogP contribution in [-0.2, 0) is 19.2 Å². The topological polar surface area (TPSA) is 167 Å². The maximum Gasteiger partial charge on any atom is 0.490 e. The summed E-state index contributed by atoms with van der Waals surface area (Å²) in [4.78, 5) is 56.0. The van der Waals surface area contributed by atoms with Crippen LogP contribution < -0.4 is 10.6 Å². The lowest BCUT2D eigenvalue weighted by molar-refractivity contribution is -0.192. The Morgan fingerprint density at radius 2 is 1.82 bits per heavy atom. The molecule has 2 fully saturated rings. The zero-order valence-corrected chi connectivity index (χ0v) is 17.3. The van der Waals surface area contributed by atoms with Gasteiger partial charge in [-0.25, -0.2) is 19.6 Å². The molecule has 11 nitrogen and oxygen atoms in total. The van der Waals surface area contributed by atoms with E-state index in [1.165, 1.54) is 21.6 Å². The second-order valence-electron chi connectivity index (χ2n) is 6.84. The highest BCUT2D eigenvalue weighted by Gasteiger charge is 2.51. The van der Waals surface area contributed by atoms with Crippen LogP contribution in [0.1, 0.15) is 6.42 Å². The summed E-state index contributed by atoms with van der Waals surface area (Å²) in [6.07, 6.45) is 0.0577. The number of halogens is 3. The van der Waals surface area contributed by atoms with Crippen LogP contribution in [0.25, 0.3) is 0 Å². The summed E-state index contributed by atoms with van der Waals surface area (Å²) < 4.78 is 31.7. The molecule has 4 N–H and O–H groups in total. The molecule has 3 aliphatic heterocycles. The fourth-order valence-corrected chi connectivity index (χ4v) is 4.48. The predicted octanol–water partition coefficient (Wildman–Crippen LogP) is 0.354. The number of rotatable bonds is 3. The molecule has 0 aliphatic carbocycles. The molecule has 3 aliphatic rings. The summed E-state index contributed by atoms with van der Waals surface area (Å²) >= 11 is 1.40. The number of carboxylic acids is 2. The van der Waals surface area contributed by atoms with Crippen molar-refractivity contribution >= 4 is 41.5 Å². The summed E-state index contributed by atoms with van der Waals surface area (Å²) in [5.41, 5.74) is 6.56. The highest BCUT2D eigenvalue weighted by molar-refractivity contribution is 8.00. The SMILES string of the molecule is N[C@@H]1C(=O)N2C(C(=O)O)=C(/C=C3\CCN(c4ncccn4)C3=O)CS[C@H]12.O=C(O)C(F)(F)F. The van der Waals surface area contributed by atoms with Crippen molar-refractivity contribution < 1.29 is 42.6 Å². The van der Waals surface area contributed by atoms with Crippen LogP contribution >= 0.6 is 11.8 Å². The van der Waals surface area contributed by atoms with Gasteiger partial charge in [0, 0.05) is 30.3 Å². The van der Waals surface area contributed by atoms with Crippen molar-refractivity contribution in [2.75, 3.05) is 17.2 Å². The molecule has 0 bridgehead atoms. The molecule has 4 rings (SSSR count). The van der Waals surface area contributed by atoms with Crippen molar-refractivity contribution in [3.63, 3.8) is 0 Å². The van der Waals surface area contributed by atoms with Gasteiger partial charge in [-0.05, 0) is 24.1 Å². The van der Waals surface area contributed by atoms with Gasteiger partial charge in [0.05, 0.1) is 0 Å². The Morgan fingerprint density at radius 3 is 2.36 bits per heavy atom. The van der Waals surface area contributed by atoms with Gasteiger partial charge in [-0.1, -0.05) is 0 Å². The number of carboxylic acid groups (broad SMARTS) is 2. The zero-order valence-electron chi connectivity index (χ0n) is 16.5. The van der Waals surface area contributed by atoms with E-state index in [2.05, 4.69) is 9.97 Å². The van der Waals surface area contributed by atoms with Crippen LogP contribution in [0.3, 0.4) is 0 Å². The van der Waals surface area contributed by atoms with Crippen molar-refractivity contribution in [1.82, 2.24) is 14.9 Å². The fraction of sp³-hybridized carbons (Fsp3) is 0.333. The lowest BCUT2D eigenvalue weighted by Crippen LogP contribution is -2.68. The standard InChI is InChI=1S/C16H15N5O4S.C2HF3O2/c17-10-13(23)21-11(15(24)25)9(7-26-14(10)21)6-8-2-5-20(12(8)22)16-18-3-1-4-19-16;3-2(4,5)1(6)7/h1,3-4,6,10,14H,2,5,7,17H2,(H,24,25);(H,6,7)/b8-6+;/t10-,14-;/m1./s1. The van der Waals surface area contributed by atoms with Crippen molar-refractivity contribution in [2.45, 2.75) is 24.0 Å². The van der Waals surface area contributed by atoms with Crippen molar-refractivity contribution in [3.05, 3.63) is 41.4 Å². The summed E-state index contributed by atoms with van der Waals surface area (Å²) in [5, 5.41) is 16.3. The number of carbonyl (C=O) groups excluding carboxylic acids is 2. The first kappa shape index (κ1) is 24.2. The number of fused-ring (bicyclic) bond motifs is 1. The number of thioether (sulfide) groups is 1. The number of carbonyl (C=O) groups is 4. The fourth-order valence-electron chi connectivity index (χ4n) is 3.23. The van der Waals surface area contributed by atoms with Gasteiger partial charge < -0.3 is 15.9 Å². The number of nitrogens with two attached hydrogens (primary N) is 1. The van der Waals surface area contributed by atoms with E-state index < -0.39 is 30.1 Å². The van der Waals surface area contributed by atoms with Crippen LogP contribution in [0.2, 0.25) is 0 Å². The minimum Gasteiger partial charge on any atom is -0.477 e. The van der Waals surface area contributed by atoms with E-state index in [1.54, 1.807) is 24.5 Å². The number of hydrogen-bond acceptors (Lipinski definition) is 8. The third kappa shape index (κ3) is 4.83. The van der Waals surface area contributed by atoms with Gasteiger partial charge >= 0.3 is 18.1 Å². The monoisotopic (exact) mass is 487 g/mol. The first-order chi connectivity index (χ1) is 15.4. The summed E-state index contributed by atoms with van der Waals surface area (Å²) in [6.45, 7) is 0.424. The Morgan fingerprint density at radius 1 is 1.21 bits per heavy atom. The average molecular weight is 487 g/mol. The molecule has 0 spiro atoms. The molecule has 2 saturated heterocycles. The number of anilines is 1. The average Bonchev–Trinajstić information content (AvgIpc) is 3.13. The Labute approximate surface area is 187 Å². The Hall–Kier alpha value is -3.46. The molecule has 4 heterocycles. The van der Waals surface area contributed by atoms with E-state index in [0.717, 1.165) is 0 Å². The maximum absolute atomic E-state index is 12.6. The lowest BCUT2D eigenvalue weighted by atomic mass is 10.0. The molecule has 0 radical (unpaired) electrons. The van der Waals surface area contributed by atoms with Gasteiger partial charge in [0.25, 0.3) is 5.91 Å². The molecular formula is C18H16F3N5O6S. The van der Waals surface area contributed by atoms with Crippen molar-refractivity contribution in [1.29, 1.82) is 0 Å². The third-order valence-corrected chi connectivity index (χ3v) is 6.07. The summed E-state index contributed by atoms with van der Waals surface area (Å²) in [6, 6.07) is 0.984. The predicted molar refractivity (Wildman–Crippen MR) is 107 cm³/mol. The molecule has 2 amide bonds. The molecule has 33 heavy (non-hydrogen) atoms. The number of allylic oxidation sites excluding steroid dienone is 1. The second-order valence-corrected chi connectivity index (χ2v) is 7.95. The normalized spacial score (nSPS) is 23.7. The first-order valence-corrected chi connectivity index (χ1v) is 10.2. The quantitative estimate of drug-likeness (QED) is 0.400. The van der Waals surface area contributed by atoms with Crippen LogP contribution in [0, 0.1) is 0 Å².